The molecule has 0 bridgehead atoms. The predicted molar refractivity (Wildman–Crippen MR) is 49.4 cm³/mol. The fraction of sp³-hybridized carbons (Fsp3) is 0.875. The number of carbonyl (C=O) groups is 1. The van der Waals surface area contributed by atoms with E-state index in [-0.39, 0.29) is 12.2 Å². The van der Waals surface area contributed by atoms with Crippen molar-refractivity contribution in [3.63, 3.8) is 0 Å². The second kappa shape index (κ2) is 5.04. The monoisotopic (exact) mass is 187 g/mol. The summed E-state index contributed by atoms with van der Waals surface area (Å²) in [5.74, 6) is 0. The summed E-state index contributed by atoms with van der Waals surface area (Å²) in [4.78, 5) is 12.8. The van der Waals surface area contributed by atoms with Gasteiger partial charge in [-0.25, -0.2) is 4.79 Å². The molecule has 1 saturated heterocycles. The third-order valence-corrected chi connectivity index (χ3v) is 2.01. The Morgan fingerprint density at radius 2 is 2.54 bits per heavy atom. The molecule has 0 aromatic rings. The molecule has 0 aliphatic carbocycles. The Balaban J connectivity index is 2.13. The lowest BCUT2D eigenvalue weighted by atomic mass is 10.3. The minimum atomic E-state index is -0.308. The number of alkyl carbamates (subject to hydrolysis) is 1. The van der Waals surface area contributed by atoms with Gasteiger partial charge in [-0.3, -0.25) is 0 Å². The number of nitrogens with two attached hydrogens (primary N) is 1. The van der Waals surface area contributed by atoms with Gasteiger partial charge in [0.1, 0.15) is 6.10 Å². The number of hydrogen-bond donors (Lipinski definition) is 2. The van der Waals surface area contributed by atoms with Crippen molar-refractivity contribution in [1.29, 1.82) is 0 Å². The van der Waals surface area contributed by atoms with Crippen molar-refractivity contribution in [2.75, 3.05) is 33.2 Å². The Morgan fingerprint density at radius 3 is 3.08 bits per heavy atom. The Bertz CT molecular complexity index is 175. The molecule has 0 aromatic heterocycles. The molecule has 1 atom stereocenters. The van der Waals surface area contributed by atoms with Gasteiger partial charge >= 0.3 is 6.09 Å². The second-order valence-electron chi connectivity index (χ2n) is 3.31. The van der Waals surface area contributed by atoms with Crippen LogP contribution in [0, 0.1) is 0 Å². The Kier molecular flexibility index (Phi) is 3.98. The van der Waals surface area contributed by atoms with Gasteiger partial charge in [0.15, 0.2) is 0 Å². The lowest BCUT2D eigenvalue weighted by Crippen LogP contribution is -2.32. The van der Waals surface area contributed by atoms with Crippen LogP contribution in [0.2, 0.25) is 0 Å². The highest BCUT2D eigenvalue weighted by Crippen LogP contribution is 2.01. The molecule has 5 heteroatoms. The van der Waals surface area contributed by atoms with E-state index in [4.69, 9.17) is 10.5 Å². The number of likely N-dealkylation sites (N-methyl/N-ethyl adjacent to an activating group) is 1. The van der Waals surface area contributed by atoms with E-state index < -0.39 is 0 Å². The van der Waals surface area contributed by atoms with E-state index in [1.807, 2.05) is 7.05 Å². The number of nitrogens with one attached hydrogen (secondary N) is 1. The van der Waals surface area contributed by atoms with Crippen LogP contribution in [-0.4, -0.2) is 50.3 Å². The Labute approximate surface area is 78.2 Å². The van der Waals surface area contributed by atoms with Crippen LogP contribution in [-0.2, 0) is 4.74 Å². The van der Waals surface area contributed by atoms with Crippen molar-refractivity contribution in [3.05, 3.63) is 0 Å². The molecule has 3 N–H and O–H groups in total. The van der Waals surface area contributed by atoms with Crippen molar-refractivity contribution in [3.8, 4) is 0 Å². The first kappa shape index (κ1) is 10.3. The number of amides is 1. The number of carbonyl (C=O) groups excluding carboxylic acids is 1. The van der Waals surface area contributed by atoms with Crippen LogP contribution in [0.3, 0.4) is 0 Å². The molecule has 13 heavy (non-hydrogen) atoms. The van der Waals surface area contributed by atoms with E-state index in [2.05, 4.69) is 10.2 Å². The molecule has 0 spiro atoms. The quantitative estimate of drug-likeness (QED) is 0.601. The molecule has 1 heterocycles. The number of cyclic esters (lactones) is 1. The van der Waals surface area contributed by atoms with Gasteiger partial charge in [-0.2, -0.15) is 0 Å². The average molecular weight is 187 g/mol. The van der Waals surface area contributed by atoms with Crippen LogP contribution in [0.1, 0.15) is 6.42 Å². The normalized spacial score (nSPS) is 21.8. The van der Waals surface area contributed by atoms with Crippen molar-refractivity contribution in [2.24, 2.45) is 5.73 Å². The first-order valence-electron chi connectivity index (χ1n) is 4.55. The minimum Gasteiger partial charge on any atom is -0.443 e. The number of ether oxygens (including phenoxy) is 1. The highest BCUT2D eigenvalue weighted by Gasteiger charge is 2.23. The van der Waals surface area contributed by atoms with Gasteiger partial charge in [0.05, 0.1) is 6.54 Å². The highest BCUT2D eigenvalue weighted by atomic mass is 16.6. The van der Waals surface area contributed by atoms with Crippen molar-refractivity contribution < 1.29 is 9.53 Å². The van der Waals surface area contributed by atoms with Crippen LogP contribution >= 0.6 is 0 Å². The number of rotatable bonds is 5. The van der Waals surface area contributed by atoms with Gasteiger partial charge in [0.25, 0.3) is 0 Å². The maximum atomic E-state index is 10.7. The summed E-state index contributed by atoms with van der Waals surface area (Å²) < 4.78 is 4.99. The molecule has 1 aliphatic heterocycles. The average Bonchev–Trinajstić information content (AvgIpc) is 2.48. The standard InChI is InChI=1S/C8H17N3O2/c1-11(4-2-3-9)6-7-5-10-8(12)13-7/h7H,2-6,9H2,1H3,(H,10,12). The second-order valence-corrected chi connectivity index (χ2v) is 3.31. The molecule has 5 nitrogen and oxygen atoms in total. The molecule has 1 rings (SSSR count). The molecule has 1 amide bonds. The lowest BCUT2D eigenvalue weighted by molar-refractivity contribution is 0.116. The van der Waals surface area contributed by atoms with Crippen molar-refractivity contribution >= 4 is 6.09 Å². The molecular weight excluding hydrogens is 170 g/mol. The molecule has 1 fully saturated rings. The third-order valence-electron chi connectivity index (χ3n) is 2.01. The largest absolute Gasteiger partial charge is 0.443 e. The molecule has 0 aromatic carbocycles. The summed E-state index contributed by atoms with van der Waals surface area (Å²) in [5.41, 5.74) is 5.38. The summed E-state index contributed by atoms with van der Waals surface area (Å²) in [7, 11) is 2.00. The maximum absolute atomic E-state index is 10.7. The van der Waals surface area contributed by atoms with E-state index in [0.717, 1.165) is 19.5 Å². The lowest BCUT2D eigenvalue weighted by Gasteiger charge is -2.18. The topological polar surface area (TPSA) is 67.6 Å². The third kappa shape index (κ3) is 3.61. The fourth-order valence-corrected chi connectivity index (χ4v) is 1.33. The van der Waals surface area contributed by atoms with Gasteiger partial charge in [-0.1, -0.05) is 0 Å². The van der Waals surface area contributed by atoms with E-state index in [0.29, 0.717) is 13.1 Å². The van der Waals surface area contributed by atoms with Gasteiger partial charge in [0.2, 0.25) is 0 Å². The first-order valence-corrected chi connectivity index (χ1v) is 4.55. The molecule has 0 radical (unpaired) electrons. The van der Waals surface area contributed by atoms with Crippen LogP contribution in [0.15, 0.2) is 0 Å². The van der Waals surface area contributed by atoms with Crippen molar-refractivity contribution in [2.45, 2.75) is 12.5 Å². The van der Waals surface area contributed by atoms with Crippen molar-refractivity contribution in [1.82, 2.24) is 10.2 Å². The Morgan fingerprint density at radius 1 is 1.77 bits per heavy atom. The summed E-state index contributed by atoms with van der Waals surface area (Å²) in [5, 5.41) is 2.62. The number of hydrogen-bond acceptors (Lipinski definition) is 4. The highest BCUT2D eigenvalue weighted by molar-refractivity contribution is 5.69. The zero-order chi connectivity index (χ0) is 9.68. The zero-order valence-corrected chi connectivity index (χ0v) is 7.95. The molecule has 76 valence electrons. The predicted octanol–water partition coefficient (Wildman–Crippen LogP) is -0.625. The van der Waals surface area contributed by atoms with Gasteiger partial charge < -0.3 is 20.7 Å². The van der Waals surface area contributed by atoms with E-state index in [1.54, 1.807) is 0 Å². The molecule has 1 unspecified atom stereocenters. The van der Waals surface area contributed by atoms with Gasteiger partial charge in [0, 0.05) is 6.54 Å². The first-order chi connectivity index (χ1) is 6.22. The summed E-state index contributed by atoms with van der Waals surface area (Å²) in [6, 6.07) is 0. The Hall–Kier alpha value is -0.810. The SMILES string of the molecule is CN(CCCN)CC1CNC(=O)O1. The summed E-state index contributed by atoms with van der Waals surface area (Å²) in [6.07, 6.45) is 0.664. The van der Waals surface area contributed by atoms with E-state index >= 15 is 0 Å². The van der Waals surface area contributed by atoms with Gasteiger partial charge in [-0.05, 0) is 26.6 Å². The summed E-state index contributed by atoms with van der Waals surface area (Å²) >= 11 is 0. The van der Waals surface area contributed by atoms with Crippen LogP contribution in [0.5, 0.6) is 0 Å². The molecule has 1 aliphatic rings. The van der Waals surface area contributed by atoms with Crippen LogP contribution in [0.25, 0.3) is 0 Å². The molecular formula is C8H17N3O2. The summed E-state index contributed by atoms with van der Waals surface area (Å²) in [6.45, 7) is 3.04. The van der Waals surface area contributed by atoms with Crippen LogP contribution < -0.4 is 11.1 Å². The molecule has 0 saturated carbocycles. The van der Waals surface area contributed by atoms with Crippen LogP contribution in [0.4, 0.5) is 4.79 Å². The van der Waals surface area contributed by atoms with E-state index in [1.165, 1.54) is 0 Å². The maximum Gasteiger partial charge on any atom is 0.407 e. The number of nitrogens with zero attached hydrogens (tertiary/aromatic N) is 1. The zero-order valence-electron chi connectivity index (χ0n) is 7.95. The minimum absolute atomic E-state index is 0.00438. The fourth-order valence-electron chi connectivity index (χ4n) is 1.33. The van der Waals surface area contributed by atoms with Gasteiger partial charge in [-0.15, -0.1) is 0 Å². The van der Waals surface area contributed by atoms with E-state index in [9.17, 15) is 4.79 Å². The smallest absolute Gasteiger partial charge is 0.407 e.